The fourth-order valence-corrected chi connectivity index (χ4v) is 2.13. The van der Waals surface area contributed by atoms with Crippen LogP contribution in [0, 0.1) is 11.6 Å². The summed E-state index contributed by atoms with van der Waals surface area (Å²) >= 11 is 0. The zero-order valence-electron chi connectivity index (χ0n) is 10.7. The smallest absolute Gasteiger partial charge is 0.255 e. The average Bonchev–Trinajstić information content (AvgIpc) is 2.85. The van der Waals surface area contributed by atoms with Crippen LogP contribution in [0.4, 0.5) is 14.5 Å². The van der Waals surface area contributed by atoms with Crippen LogP contribution in [-0.2, 0) is 4.74 Å². The number of nitrogens with two attached hydrogens (primary N) is 1. The number of nitrogens with zero attached hydrogens (tertiary/aromatic N) is 1. The molecule has 0 spiro atoms. The van der Waals surface area contributed by atoms with Gasteiger partial charge in [-0.3, -0.25) is 4.79 Å². The molecule has 2 N–H and O–H groups in total. The Balaban J connectivity index is 2.12. The second-order valence-electron chi connectivity index (χ2n) is 4.67. The van der Waals surface area contributed by atoms with E-state index in [2.05, 4.69) is 0 Å². The normalized spacial score (nSPS) is 18.6. The molecule has 1 fully saturated rings. The lowest BCUT2D eigenvalue weighted by molar-refractivity contribution is 0.0587. The molecule has 19 heavy (non-hydrogen) atoms. The van der Waals surface area contributed by atoms with Crippen LogP contribution in [0.25, 0.3) is 0 Å². The molecule has 0 aliphatic carbocycles. The number of amides is 1. The minimum atomic E-state index is -1.08. The summed E-state index contributed by atoms with van der Waals surface area (Å²) in [6.07, 6.45) is 1.87. The number of halogens is 2. The van der Waals surface area contributed by atoms with Gasteiger partial charge in [-0.1, -0.05) is 0 Å². The fourth-order valence-electron chi connectivity index (χ4n) is 2.13. The highest BCUT2D eigenvalue weighted by Crippen LogP contribution is 2.20. The van der Waals surface area contributed by atoms with Gasteiger partial charge in [0.2, 0.25) is 0 Å². The van der Waals surface area contributed by atoms with E-state index in [1.165, 1.54) is 4.90 Å². The first-order valence-corrected chi connectivity index (χ1v) is 6.10. The maximum absolute atomic E-state index is 13.2. The third-order valence-electron chi connectivity index (χ3n) is 3.17. The summed E-state index contributed by atoms with van der Waals surface area (Å²) < 4.78 is 31.5. The van der Waals surface area contributed by atoms with Gasteiger partial charge in [0, 0.05) is 32.0 Å². The Morgan fingerprint density at radius 3 is 2.79 bits per heavy atom. The molecule has 104 valence electrons. The SMILES string of the molecule is CN(CC1CCCO1)C(=O)c1cc(F)c(F)cc1N. The van der Waals surface area contributed by atoms with Gasteiger partial charge in [-0.2, -0.15) is 0 Å². The van der Waals surface area contributed by atoms with Crippen LogP contribution in [0.5, 0.6) is 0 Å². The molecule has 6 heteroatoms. The second-order valence-corrected chi connectivity index (χ2v) is 4.67. The minimum absolute atomic E-state index is 0.000435. The van der Waals surface area contributed by atoms with Crippen LogP contribution >= 0.6 is 0 Å². The number of rotatable bonds is 3. The zero-order chi connectivity index (χ0) is 14.0. The summed E-state index contributed by atoms with van der Waals surface area (Å²) in [6.45, 7) is 1.11. The number of ether oxygens (including phenoxy) is 1. The molecule has 2 rings (SSSR count). The molecule has 1 unspecified atom stereocenters. The topological polar surface area (TPSA) is 55.6 Å². The Bertz CT molecular complexity index is 488. The van der Waals surface area contributed by atoms with Crippen molar-refractivity contribution in [2.45, 2.75) is 18.9 Å². The number of anilines is 1. The summed E-state index contributed by atoms with van der Waals surface area (Å²) in [7, 11) is 1.59. The van der Waals surface area contributed by atoms with Crippen molar-refractivity contribution in [3.63, 3.8) is 0 Å². The van der Waals surface area contributed by atoms with Gasteiger partial charge in [-0.25, -0.2) is 8.78 Å². The maximum atomic E-state index is 13.2. The summed E-state index contributed by atoms with van der Waals surface area (Å²) in [6, 6.07) is 1.65. The standard InChI is InChI=1S/C13H16F2N2O2/c1-17(7-8-3-2-4-19-8)13(18)9-5-10(14)11(15)6-12(9)16/h5-6,8H,2-4,7,16H2,1H3. The van der Waals surface area contributed by atoms with E-state index in [-0.39, 0.29) is 17.4 Å². The lowest BCUT2D eigenvalue weighted by atomic mass is 10.1. The van der Waals surface area contributed by atoms with Gasteiger partial charge in [0.1, 0.15) is 0 Å². The molecule has 1 aromatic rings. The molecule has 0 aromatic heterocycles. The minimum Gasteiger partial charge on any atom is -0.398 e. The van der Waals surface area contributed by atoms with Crippen LogP contribution < -0.4 is 5.73 Å². The number of nitrogen functional groups attached to an aromatic ring is 1. The third kappa shape index (κ3) is 3.01. The molecule has 1 heterocycles. The molecule has 0 radical (unpaired) electrons. The van der Waals surface area contributed by atoms with Gasteiger partial charge >= 0.3 is 0 Å². The molecule has 1 amide bonds. The molecular formula is C13H16F2N2O2. The summed E-state index contributed by atoms with van der Waals surface area (Å²) in [4.78, 5) is 13.5. The van der Waals surface area contributed by atoms with Gasteiger partial charge in [0.05, 0.1) is 11.7 Å². The van der Waals surface area contributed by atoms with E-state index < -0.39 is 17.5 Å². The zero-order valence-corrected chi connectivity index (χ0v) is 10.7. The van der Waals surface area contributed by atoms with Crippen molar-refractivity contribution in [1.29, 1.82) is 0 Å². The van der Waals surface area contributed by atoms with Gasteiger partial charge < -0.3 is 15.4 Å². The van der Waals surface area contributed by atoms with E-state index >= 15 is 0 Å². The molecule has 0 bridgehead atoms. The molecule has 4 nitrogen and oxygen atoms in total. The maximum Gasteiger partial charge on any atom is 0.255 e. The van der Waals surface area contributed by atoms with E-state index in [9.17, 15) is 13.6 Å². The van der Waals surface area contributed by atoms with Crippen molar-refractivity contribution < 1.29 is 18.3 Å². The number of hydrogen-bond acceptors (Lipinski definition) is 3. The highest BCUT2D eigenvalue weighted by molar-refractivity contribution is 5.99. The quantitative estimate of drug-likeness (QED) is 0.852. The highest BCUT2D eigenvalue weighted by atomic mass is 19.2. The van der Waals surface area contributed by atoms with E-state index in [4.69, 9.17) is 10.5 Å². The van der Waals surface area contributed by atoms with Crippen LogP contribution in [0.2, 0.25) is 0 Å². The molecule has 1 atom stereocenters. The molecule has 1 saturated heterocycles. The second kappa shape index (κ2) is 5.52. The van der Waals surface area contributed by atoms with E-state index in [1.54, 1.807) is 7.05 Å². The Labute approximate surface area is 110 Å². The number of hydrogen-bond donors (Lipinski definition) is 1. The number of likely N-dealkylation sites (N-methyl/N-ethyl adjacent to an activating group) is 1. The summed E-state index contributed by atoms with van der Waals surface area (Å²) in [5.74, 6) is -2.58. The summed E-state index contributed by atoms with van der Waals surface area (Å²) in [5.41, 5.74) is 5.46. The van der Waals surface area contributed by atoms with Gasteiger partial charge in [0.25, 0.3) is 5.91 Å². The van der Waals surface area contributed by atoms with E-state index in [0.29, 0.717) is 13.2 Å². The van der Waals surface area contributed by atoms with Crippen molar-refractivity contribution in [3.05, 3.63) is 29.3 Å². The van der Waals surface area contributed by atoms with E-state index in [0.717, 1.165) is 25.0 Å². The van der Waals surface area contributed by atoms with Crippen molar-refractivity contribution in [2.75, 3.05) is 25.9 Å². The first-order valence-electron chi connectivity index (χ1n) is 6.10. The average molecular weight is 270 g/mol. The first-order chi connectivity index (χ1) is 8.99. The Morgan fingerprint density at radius 2 is 2.16 bits per heavy atom. The first kappa shape index (κ1) is 13.7. The Morgan fingerprint density at radius 1 is 1.47 bits per heavy atom. The lowest BCUT2D eigenvalue weighted by Gasteiger charge is -2.21. The number of carbonyl (C=O) groups is 1. The van der Waals surface area contributed by atoms with Gasteiger partial charge in [-0.05, 0) is 18.9 Å². The number of carbonyl (C=O) groups excluding carboxylic acids is 1. The van der Waals surface area contributed by atoms with Gasteiger partial charge in [0.15, 0.2) is 11.6 Å². The van der Waals surface area contributed by atoms with Crippen LogP contribution in [0.1, 0.15) is 23.2 Å². The summed E-state index contributed by atoms with van der Waals surface area (Å²) in [5, 5.41) is 0. The number of benzene rings is 1. The van der Waals surface area contributed by atoms with Crippen molar-refractivity contribution in [3.8, 4) is 0 Å². The van der Waals surface area contributed by atoms with Crippen molar-refractivity contribution in [2.24, 2.45) is 0 Å². The van der Waals surface area contributed by atoms with E-state index in [1.807, 2.05) is 0 Å². The van der Waals surface area contributed by atoms with Gasteiger partial charge in [-0.15, -0.1) is 0 Å². The van der Waals surface area contributed by atoms with Crippen LogP contribution in [0.15, 0.2) is 12.1 Å². The molecular weight excluding hydrogens is 254 g/mol. The van der Waals surface area contributed by atoms with Crippen LogP contribution in [0.3, 0.4) is 0 Å². The monoisotopic (exact) mass is 270 g/mol. The van der Waals surface area contributed by atoms with Crippen molar-refractivity contribution >= 4 is 11.6 Å². The Hall–Kier alpha value is -1.69. The van der Waals surface area contributed by atoms with Crippen molar-refractivity contribution in [1.82, 2.24) is 4.90 Å². The third-order valence-corrected chi connectivity index (χ3v) is 3.17. The fraction of sp³-hybridized carbons (Fsp3) is 0.462. The Kier molecular flexibility index (Phi) is 3.99. The lowest BCUT2D eigenvalue weighted by Crippen LogP contribution is -2.34. The van der Waals surface area contributed by atoms with Crippen LogP contribution in [-0.4, -0.2) is 37.1 Å². The molecule has 1 aliphatic rings. The molecule has 1 aliphatic heterocycles. The predicted molar refractivity (Wildman–Crippen MR) is 66.7 cm³/mol. The largest absolute Gasteiger partial charge is 0.398 e. The highest BCUT2D eigenvalue weighted by Gasteiger charge is 2.23. The molecule has 0 saturated carbocycles. The predicted octanol–water partition coefficient (Wildman–Crippen LogP) is 1.80. The molecule has 1 aromatic carbocycles.